The fraction of sp³-hybridized carbons (Fsp3) is 0.929. The highest BCUT2D eigenvalue weighted by molar-refractivity contribution is 5.76. The fourth-order valence-corrected chi connectivity index (χ4v) is 2.26. The number of amides is 1. The molecule has 0 bridgehead atoms. The molecule has 0 heterocycles. The molecule has 0 spiro atoms. The summed E-state index contributed by atoms with van der Waals surface area (Å²) in [5.74, 6) is -0.197. The largest absolute Gasteiger partial charge is 0.406 e. The Morgan fingerprint density at radius 1 is 1.20 bits per heavy atom. The smallest absolute Gasteiger partial charge is 0.334 e. The van der Waals surface area contributed by atoms with Gasteiger partial charge >= 0.3 is 6.18 Å². The highest BCUT2D eigenvalue weighted by atomic mass is 19.4. The van der Waals surface area contributed by atoms with Crippen molar-refractivity contribution in [1.29, 1.82) is 0 Å². The molecule has 0 aliphatic heterocycles. The summed E-state index contributed by atoms with van der Waals surface area (Å²) < 4.78 is 37.1. The average Bonchev–Trinajstić information content (AvgIpc) is 2.28. The third kappa shape index (κ3) is 7.72. The minimum atomic E-state index is -4.34. The Morgan fingerprint density at radius 3 is 2.10 bits per heavy atom. The van der Waals surface area contributed by atoms with Crippen LogP contribution in [0.1, 0.15) is 47.0 Å². The molecule has 20 heavy (non-hydrogen) atoms. The number of hydrogen-bond acceptors (Lipinski definition) is 2. The van der Waals surface area contributed by atoms with Gasteiger partial charge in [0.1, 0.15) is 6.54 Å². The van der Waals surface area contributed by atoms with Gasteiger partial charge in [0, 0.05) is 13.0 Å². The summed E-state index contributed by atoms with van der Waals surface area (Å²) in [6.45, 7) is 7.18. The van der Waals surface area contributed by atoms with Crippen LogP contribution in [0.25, 0.3) is 0 Å². The van der Waals surface area contributed by atoms with Crippen molar-refractivity contribution in [2.45, 2.75) is 53.1 Å². The number of hydrogen-bond donors (Lipinski definition) is 1. The molecule has 0 rings (SSSR count). The van der Waals surface area contributed by atoms with Crippen LogP contribution in [0, 0.1) is 11.3 Å². The molecule has 0 aliphatic carbocycles. The summed E-state index contributed by atoms with van der Waals surface area (Å²) in [5.41, 5.74) is 5.56. The van der Waals surface area contributed by atoms with Crippen LogP contribution in [0.4, 0.5) is 13.2 Å². The highest BCUT2D eigenvalue weighted by Crippen LogP contribution is 2.32. The summed E-state index contributed by atoms with van der Waals surface area (Å²) in [6.07, 6.45) is -2.84. The van der Waals surface area contributed by atoms with Crippen LogP contribution in [-0.2, 0) is 4.79 Å². The minimum Gasteiger partial charge on any atom is -0.334 e. The fourth-order valence-electron chi connectivity index (χ4n) is 2.26. The second kappa shape index (κ2) is 7.86. The third-order valence-electron chi connectivity index (χ3n) is 3.55. The Bertz CT molecular complexity index is 298. The Balaban J connectivity index is 4.50. The maximum atomic E-state index is 12.4. The molecular weight excluding hydrogens is 269 g/mol. The molecule has 0 saturated carbocycles. The van der Waals surface area contributed by atoms with E-state index in [2.05, 4.69) is 20.8 Å². The van der Waals surface area contributed by atoms with Gasteiger partial charge in [-0.15, -0.1) is 0 Å². The first kappa shape index (κ1) is 19.2. The van der Waals surface area contributed by atoms with Crippen LogP contribution in [-0.4, -0.2) is 36.6 Å². The van der Waals surface area contributed by atoms with Crippen LogP contribution < -0.4 is 5.73 Å². The summed E-state index contributed by atoms with van der Waals surface area (Å²) >= 11 is 0. The van der Waals surface area contributed by atoms with Crippen molar-refractivity contribution in [3.63, 3.8) is 0 Å². The van der Waals surface area contributed by atoms with Gasteiger partial charge in [-0.25, -0.2) is 0 Å². The lowest BCUT2D eigenvalue weighted by Gasteiger charge is -2.31. The molecule has 0 aromatic carbocycles. The molecule has 1 amide bonds. The van der Waals surface area contributed by atoms with Gasteiger partial charge < -0.3 is 10.6 Å². The topological polar surface area (TPSA) is 46.3 Å². The van der Waals surface area contributed by atoms with Crippen molar-refractivity contribution in [1.82, 2.24) is 4.90 Å². The summed E-state index contributed by atoms with van der Waals surface area (Å²) in [5, 5.41) is 0. The van der Waals surface area contributed by atoms with Gasteiger partial charge in [-0.3, -0.25) is 4.79 Å². The number of nitrogens with zero attached hydrogens (tertiary/aromatic N) is 1. The molecule has 0 aliphatic rings. The lowest BCUT2D eigenvalue weighted by atomic mass is 9.76. The maximum Gasteiger partial charge on any atom is 0.406 e. The van der Waals surface area contributed by atoms with Crippen molar-refractivity contribution < 1.29 is 18.0 Å². The monoisotopic (exact) mass is 296 g/mol. The highest BCUT2D eigenvalue weighted by Gasteiger charge is 2.32. The van der Waals surface area contributed by atoms with E-state index in [1.807, 2.05) is 0 Å². The SMILES string of the molecule is CCN(CC(F)(F)F)C(=O)CCC(CCN)C(C)(C)C. The van der Waals surface area contributed by atoms with Gasteiger partial charge in [0.15, 0.2) is 0 Å². The molecule has 1 atom stereocenters. The number of nitrogens with two attached hydrogens (primary N) is 1. The number of halogens is 3. The Labute approximate surface area is 119 Å². The van der Waals surface area contributed by atoms with E-state index in [4.69, 9.17) is 5.73 Å². The Hall–Kier alpha value is -0.780. The zero-order valence-corrected chi connectivity index (χ0v) is 12.9. The van der Waals surface area contributed by atoms with Crippen molar-refractivity contribution in [3.8, 4) is 0 Å². The van der Waals surface area contributed by atoms with E-state index >= 15 is 0 Å². The van der Waals surface area contributed by atoms with Gasteiger partial charge in [-0.05, 0) is 37.6 Å². The van der Waals surface area contributed by atoms with Crippen molar-refractivity contribution in [2.24, 2.45) is 17.1 Å². The average molecular weight is 296 g/mol. The molecule has 0 aromatic heterocycles. The van der Waals surface area contributed by atoms with Crippen LogP contribution in [0.5, 0.6) is 0 Å². The van der Waals surface area contributed by atoms with Gasteiger partial charge in [-0.2, -0.15) is 13.2 Å². The Morgan fingerprint density at radius 2 is 1.75 bits per heavy atom. The number of carbonyl (C=O) groups excluding carboxylic acids is 1. The second-order valence-corrected chi connectivity index (χ2v) is 6.20. The van der Waals surface area contributed by atoms with Crippen LogP contribution in [0.2, 0.25) is 0 Å². The number of carbonyl (C=O) groups is 1. The second-order valence-electron chi connectivity index (χ2n) is 6.20. The lowest BCUT2D eigenvalue weighted by Crippen LogP contribution is -2.39. The van der Waals surface area contributed by atoms with E-state index in [-0.39, 0.29) is 24.3 Å². The predicted molar refractivity (Wildman–Crippen MR) is 74.2 cm³/mol. The molecule has 0 saturated heterocycles. The maximum absolute atomic E-state index is 12.4. The molecule has 0 fully saturated rings. The van der Waals surface area contributed by atoms with Crippen molar-refractivity contribution in [3.05, 3.63) is 0 Å². The van der Waals surface area contributed by atoms with Crippen LogP contribution in [0.3, 0.4) is 0 Å². The van der Waals surface area contributed by atoms with Gasteiger partial charge in [0.2, 0.25) is 5.91 Å². The summed E-state index contributed by atoms with van der Waals surface area (Å²) in [4.78, 5) is 12.7. The van der Waals surface area contributed by atoms with E-state index in [0.29, 0.717) is 13.0 Å². The standard InChI is InChI=1S/C14H27F3N2O/c1-5-19(10-14(15,16)17)12(20)7-6-11(8-9-18)13(2,3)4/h11H,5-10,18H2,1-4H3. The quantitative estimate of drug-likeness (QED) is 0.784. The first-order chi connectivity index (χ1) is 9.01. The van der Waals surface area contributed by atoms with Gasteiger partial charge in [0.25, 0.3) is 0 Å². The minimum absolute atomic E-state index is 0.000716. The zero-order chi connectivity index (χ0) is 16.0. The summed E-state index contributed by atoms with van der Waals surface area (Å²) in [6, 6.07) is 0. The third-order valence-corrected chi connectivity index (χ3v) is 3.55. The van der Waals surface area contributed by atoms with E-state index in [0.717, 1.165) is 11.3 Å². The molecule has 0 radical (unpaired) electrons. The zero-order valence-electron chi connectivity index (χ0n) is 12.9. The summed E-state index contributed by atoms with van der Waals surface area (Å²) in [7, 11) is 0. The number of rotatable bonds is 7. The van der Waals surface area contributed by atoms with E-state index in [1.54, 1.807) is 6.92 Å². The normalized spacial score (nSPS) is 14.2. The van der Waals surface area contributed by atoms with Gasteiger partial charge in [-0.1, -0.05) is 20.8 Å². The van der Waals surface area contributed by atoms with E-state index < -0.39 is 18.6 Å². The van der Waals surface area contributed by atoms with Crippen molar-refractivity contribution >= 4 is 5.91 Å². The van der Waals surface area contributed by atoms with Crippen LogP contribution in [0.15, 0.2) is 0 Å². The van der Waals surface area contributed by atoms with E-state index in [1.165, 1.54) is 0 Å². The lowest BCUT2D eigenvalue weighted by molar-refractivity contribution is -0.161. The van der Waals surface area contributed by atoms with Crippen molar-refractivity contribution in [2.75, 3.05) is 19.6 Å². The van der Waals surface area contributed by atoms with Crippen LogP contribution >= 0.6 is 0 Å². The molecule has 1 unspecified atom stereocenters. The first-order valence-corrected chi connectivity index (χ1v) is 7.05. The predicted octanol–water partition coefficient (Wildman–Crippen LogP) is 3.19. The Kier molecular flexibility index (Phi) is 7.55. The molecule has 2 N–H and O–H groups in total. The van der Waals surface area contributed by atoms with E-state index in [9.17, 15) is 18.0 Å². The molecule has 3 nitrogen and oxygen atoms in total. The molecule has 120 valence electrons. The molecule has 0 aromatic rings. The number of alkyl halides is 3. The van der Waals surface area contributed by atoms with Gasteiger partial charge in [0.05, 0.1) is 0 Å². The molecule has 6 heteroatoms. The first-order valence-electron chi connectivity index (χ1n) is 7.05. The molecular formula is C14H27F3N2O.